The molecule has 1 aliphatic carbocycles. The van der Waals surface area contributed by atoms with Gasteiger partial charge in [0.05, 0.1) is 5.69 Å². The maximum Gasteiger partial charge on any atom is 0.251 e. The molecule has 5 heteroatoms. The van der Waals surface area contributed by atoms with Gasteiger partial charge in [-0.15, -0.1) is 0 Å². The Balaban J connectivity index is 1.70. The third-order valence-corrected chi connectivity index (χ3v) is 4.08. The minimum Gasteiger partial charge on any atom is -0.310 e. The topological polar surface area (TPSA) is 57.8 Å². The molecule has 0 spiro atoms. The first kappa shape index (κ1) is 14.3. The molecule has 110 valence electrons. The average Bonchev–Trinajstić information content (AvgIpc) is 3.29. The number of aromatic nitrogens is 2. The van der Waals surface area contributed by atoms with E-state index in [-0.39, 0.29) is 11.6 Å². The lowest BCUT2D eigenvalue weighted by Gasteiger charge is -2.15. The van der Waals surface area contributed by atoms with Gasteiger partial charge in [-0.1, -0.05) is 29.8 Å². The number of rotatable bonds is 5. The van der Waals surface area contributed by atoms with E-state index in [4.69, 9.17) is 11.6 Å². The first-order valence-electron chi connectivity index (χ1n) is 7.21. The monoisotopic (exact) mass is 303 g/mol. The smallest absolute Gasteiger partial charge is 0.251 e. The highest BCUT2D eigenvalue weighted by Gasteiger charge is 2.26. The molecule has 0 unspecified atom stereocenters. The molecule has 0 saturated heterocycles. The van der Waals surface area contributed by atoms with Crippen LogP contribution < -0.4 is 10.9 Å². The van der Waals surface area contributed by atoms with Crippen LogP contribution in [-0.2, 0) is 6.54 Å². The van der Waals surface area contributed by atoms with Crippen LogP contribution in [0, 0.1) is 0 Å². The minimum absolute atomic E-state index is 0.0749. The second-order valence-electron chi connectivity index (χ2n) is 5.52. The van der Waals surface area contributed by atoms with E-state index in [0.717, 1.165) is 34.9 Å². The number of nitrogens with one attached hydrogen (secondary N) is 2. The van der Waals surface area contributed by atoms with Crippen LogP contribution in [0.5, 0.6) is 0 Å². The Hall–Kier alpha value is -1.65. The van der Waals surface area contributed by atoms with E-state index in [2.05, 4.69) is 22.2 Å². The third kappa shape index (κ3) is 3.52. The highest BCUT2D eigenvalue weighted by Crippen LogP contribution is 2.37. The fourth-order valence-corrected chi connectivity index (χ4v) is 2.66. The normalized spacial score (nSPS) is 15.9. The molecular weight excluding hydrogens is 286 g/mol. The lowest BCUT2D eigenvalue weighted by molar-refractivity contribution is 0.565. The van der Waals surface area contributed by atoms with Gasteiger partial charge in [0.25, 0.3) is 5.56 Å². The first-order chi connectivity index (χ1) is 10.1. The number of hydrogen-bond donors (Lipinski definition) is 2. The summed E-state index contributed by atoms with van der Waals surface area (Å²) < 4.78 is 0. The standard InChI is InChI=1S/C16H18ClN3O/c1-10(13-4-2-3-5-14(13)17)18-9-12-8-15(21)20-16(19-12)11-6-7-11/h2-5,8,10-11,18H,6-7,9H2,1H3,(H,19,20,21)/t10-/m0/s1. The number of H-pyrrole nitrogens is 1. The highest BCUT2D eigenvalue weighted by molar-refractivity contribution is 6.31. The van der Waals surface area contributed by atoms with Gasteiger partial charge in [0, 0.05) is 29.6 Å². The molecule has 1 aromatic heterocycles. The minimum atomic E-state index is -0.0749. The molecule has 0 aliphatic heterocycles. The van der Waals surface area contributed by atoms with Crippen molar-refractivity contribution in [3.8, 4) is 0 Å². The van der Waals surface area contributed by atoms with Crippen molar-refractivity contribution in [2.45, 2.75) is 38.3 Å². The summed E-state index contributed by atoms with van der Waals surface area (Å²) in [5.74, 6) is 1.27. The van der Waals surface area contributed by atoms with Gasteiger partial charge >= 0.3 is 0 Å². The molecule has 1 atom stereocenters. The zero-order valence-electron chi connectivity index (χ0n) is 11.9. The Bertz CT molecular complexity index is 694. The van der Waals surface area contributed by atoms with Crippen LogP contribution in [-0.4, -0.2) is 9.97 Å². The molecule has 1 heterocycles. The molecule has 2 aromatic rings. The lowest BCUT2D eigenvalue weighted by Crippen LogP contribution is -2.21. The summed E-state index contributed by atoms with van der Waals surface area (Å²) in [5.41, 5.74) is 1.75. The quantitative estimate of drug-likeness (QED) is 0.892. The highest BCUT2D eigenvalue weighted by atomic mass is 35.5. The Morgan fingerprint density at radius 3 is 2.90 bits per heavy atom. The van der Waals surface area contributed by atoms with Crippen LogP contribution in [0.15, 0.2) is 35.1 Å². The van der Waals surface area contributed by atoms with E-state index in [9.17, 15) is 4.79 Å². The average molecular weight is 304 g/mol. The van der Waals surface area contributed by atoms with Crippen LogP contribution in [0.1, 0.15) is 48.8 Å². The Morgan fingerprint density at radius 1 is 1.43 bits per heavy atom. The Kier molecular flexibility index (Phi) is 4.08. The van der Waals surface area contributed by atoms with Crippen molar-refractivity contribution in [1.82, 2.24) is 15.3 Å². The van der Waals surface area contributed by atoms with Crippen LogP contribution in [0.4, 0.5) is 0 Å². The van der Waals surface area contributed by atoms with Gasteiger partial charge in [-0.25, -0.2) is 4.98 Å². The van der Waals surface area contributed by atoms with Crippen molar-refractivity contribution in [1.29, 1.82) is 0 Å². The van der Waals surface area contributed by atoms with Crippen molar-refractivity contribution >= 4 is 11.6 Å². The fourth-order valence-electron chi connectivity index (χ4n) is 2.36. The summed E-state index contributed by atoms with van der Waals surface area (Å²) >= 11 is 6.19. The van der Waals surface area contributed by atoms with Crippen LogP contribution in [0.3, 0.4) is 0 Å². The van der Waals surface area contributed by atoms with E-state index < -0.39 is 0 Å². The van der Waals surface area contributed by atoms with Crippen LogP contribution in [0.2, 0.25) is 5.02 Å². The molecule has 0 amide bonds. The van der Waals surface area contributed by atoms with Crippen LogP contribution >= 0.6 is 11.6 Å². The van der Waals surface area contributed by atoms with Crippen molar-refractivity contribution in [2.24, 2.45) is 0 Å². The molecule has 21 heavy (non-hydrogen) atoms. The summed E-state index contributed by atoms with van der Waals surface area (Å²) in [6.07, 6.45) is 2.24. The largest absolute Gasteiger partial charge is 0.310 e. The van der Waals surface area contributed by atoms with Gasteiger partial charge in [-0.3, -0.25) is 4.79 Å². The molecular formula is C16H18ClN3O. The van der Waals surface area contributed by atoms with Crippen molar-refractivity contribution < 1.29 is 0 Å². The van der Waals surface area contributed by atoms with Crippen molar-refractivity contribution in [3.63, 3.8) is 0 Å². The second-order valence-corrected chi connectivity index (χ2v) is 5.93. The van der Waals surface area contributed by atoms with E-state index in [1.54, 1.807) is 6.07 Å². The van der Waals surface area contributed by atoms with Gasteiger partial charge in [0.15, 0.2) is 0 Å². The predicted molar refractivity (Wildman–Crippen MR) is 83.5 cm³/mol. The molecule has 1 fully saturated rings. The number of halogens is 1. The molecule has 2 N–H and O–H groups in total. The summed E-state index contributed by atoms with van der Waals surface area (Å²) in [4.78, 5) is 19.0. The SMILES string of the molecule is C[C@H](NCc1cc(=O)[nH]c(C2CC2)n1)c1ccccc1Cl. The predicted octanol–water partition coefficient (Wildman–Crippen LogP) is 3.15. The Morgan fingerprint density at radius 2 is 2.19 bits per heavy atom. The van der Waals surface area contributed by atoms with E-state index in [1.807, 2.05) is 24.3 Å². The maximum absolute atomic E-state index is 11.7. The molecule has 1 saturated carbocycles. The van der Waals surface area contributed by atoms with E-state index >= 15 is 0 Å². The molecule has 0 radical (unpaired) electrons. The molecule has 1 aliphatic rings. The maximum atomic E-state index is 11.7. The van der Waals surface area contributed by atoms with Gasteiger partial charge in [0.1, 0.15) is 5.82 Å². The van der Waals surface area contributed by atoms with Gasteiger partial charge < -0.3 is 10.3 Å². The number of aromatic amines is 1. The zero-order chi connectivity index (χ0) is 14.8. The number of nitrogens with zero attached hydrogens (tertiary/aromatic N) is 1. The molecule has 3 rings (SSSR count). The summed E-state index contributed by atoms with van der Waals surface area (Å²) in [5, 5.41) is 4.12. The van der Waals surface area contributed by atoms with E-state index in [1.165, 1.54) is 0 Å². The van der Waals surface area contributed by atoms with Crippen LogP contribution in [0.25, 0.3) is 0 Å². The Labute approximate surface area is 128 Å². The number of benzene rings is 1. The van der Waals surface area contributed by atoms with Gasteiger partial charge in [-0.2, -0.15) is 0 Å². The van der Waals surface area contributed by atoms with E-state index in [0.29, 0.717) is 12.5 Å². The van der Waals surface area contributed by atoms with Crippen molar-refractivity contribution in [3.05, 3.63) is 62.8 Å². The fraction of sp³-hybridized carbons (Fsp3) is 0.375. The summed E-state index contributed by atoms with van der Waals surface area (Å²) in [6.45, 7) is 2.60. The number of hydrogen-bond acceptors (Lipinski definition) is 3. The van der Waals surface area contributed by atoms with Gasteiger partial charge in [-0.05, 0) is 31.4 Å². The third-order valence-electron chi connectivity index (χ3n) is 3.74. The lowest BCUT2D eigenvalue weighted by atomic mass is 10.1. The molecule has 1 aromatic carbocycles. The molecule has 0 bridgehead atoms. The summed E-state index contributed by atoms with van der Waals surface area (Å²) in [7, 11) is 0. The zero-order valence-corrected chi connectivity index (χ0v) is 12.7. The van der Waals surface area contributed by atoms with Crippen molar-refractivity contribution in [2.75, 3.05) is 0 Å². The van der Waals surface area contributed by atoms with Gasteiger partial charge in [0.2, 0.25) is 0 Å². The molecule has 4 nitrogen and oxygen atoms in total. The first-order valence-corrected chi connectivity index (χ1v) is 7.59. The second kappa shape index (κ2) is 6.00. The summed E-state index contributed by atoms with van der Waals surface area (Å²) in [6, 6.07) is 9.42.